The van der Waals surface area contributed by atoms with Crippen molar-refractivity contribution in [2.45, 2.75) is 44.2 Å². The molecular weight excluding hydrogens is 457 g/mol. The molecule has 2 aromatic rings. The molecule has 0 spiro atoms. The molecule has 14 heteroatoms. The van der Waals surface area contributed by atoms with E-state index >= 15 is 4.39 Å². The molecule has 174 valence electrons. The molecule has 0 radical (unpaired) electrons. The highest BCUT2D eigenvalue weighted by atomic mass is 31.2. The number of halogens is 2. The van der Waals surface area contributed by atoms with Gasteiger partial charge in [0.25, 0.3) is 5.56 Å². The van der Waals surface area contributed by atoms with Crippen LogP contribution in [0, 0.1) is 5.82 Å². The molecule has 2 aliphatic rings. The highest BCUT2D eigenvalue weighted by Crippen LogP contribution is 2.55. The van der Waals surface area contributed by atoms with Crippen molar-refractivity contribution in [1.82, 2.24) is 9.55 Å². The molecule has 2 aliphatic heterocycles. The Labute approximate surface area is 178 Å². The number of rotatable bonds is 6. The molecule has 32 heavy (non-hydrogen) atoms. The number of nitrogens with zero attached hydrogens (tertiary/aromatic N) is 1. The Balaban J connectivity index is 1.41. The summed E-state index contributed by atoms with van der Waals surface area (Å²) in [5.74, 6) is -3.05. The number of aliphatic hydroxyl groups is 2. The topological polar surface area (TPSA) is 149 Å². The monoisotopic (exact) mass is 476 g/mol. The second kappa shape index (κ2) is 8.50. The number of phosphoric ester groups is 1. The minimum Gasteiger partial charge on any atom is -0.404 e. The molecule has 0 saturated carbocycles. The van der Waals surface area contributed by atoms with Crippen LogP contribution in [-0.2, 0) is 38.1 Å². The fourth-order valence-corrected chi connectivity index (χ4v) is 4.62. The summed E-state index contributed by atoms with van der Waals surface area (Å²) in [6.45, 7) is -2.16. The van der Waals surface area contributed by atoms with Crippen molar-refractivity contribution in [3.05, 3.63) is 62.2 Å². The molecule has 4 rings (SSSR count). The molecule has 0 aliphatic carbocycles. The van der Waals surface area contributed by atoms with Crippen LogP contribution < -0.4 is 15.8 Å². The molecule has 0 bridgehead atoms. The number of hydrogen-bond acceptors (Lipinski definition) is 9. The molecule has 1 saturated heterocycles. The van der Waals surface area contributed by atoms with Gasteiger partial charge >= 0.3 is 13.5 Å². The van der Waals surface area contributed by atoms with Gasteiger partial charge < -0.3 is 19.5 Å². The maximum absolute atomic E-state index is 15.1. The first-order valence-electron chi connectivity index (χ1n) is 9.45. The van der Waals surface area contributed by atoms with Crippen LogP contribution in [0.15, 0.2) is 34.0 Å². The van der Waals surface area contributed by atoms with Crippen molar-refractivity contribution in [1.29, 1.82) is 0 Å². The summed E-state index contributed by atoms with van der Waals surface area (Å²) in [5.41, 5.74) is -1.40. The maximum Gasteiger partial charge on any atom is 0.530 e. The largest absolute Gasteiger partial charge is 0.530 e. The number of alkyl halides is 1. The lowest BCUT2D eigenvalue weighted by molar-refractivity contribution is -0.162. The summed E-state index contributed by atoms with van der Waals surface area (Å²) in [6, 6.07) is 3.47. The van der Waals surface area contributed by atoms with Gasteiger partial charge in [-0.15, -0.1) is 0 Å². The highest BCUT2D eigenvalue weighted by Gasteiger charge is 2.49. The SMILES string of the molecule is O=c1[nH]c(=O)n(C[C@@H]2O[C@](F)(COP3(=O)OCc4cc(F)ccc4O3)C[C@H]2O)cc1CO. The third kappa shape index (κ3) is 4.68. The van der Waals surface area contributed by atoms with Crippen LogP contribution in [-0.4, -0.2) is 44.4 Å². The summed E-state index contributed by atoms with van der Waals surface area (Å²) in [7, 11) is -4.23. The van der Waals surface area contributed by atoms with E-state index in [0.717, 1.165) is 22.9 Å². The first kappa shape index (κ1) is 22.8. The number of nitrogens with one attached hydrogen (secondary N) is 1. The minimum absolute atomic E-state index is 0.0660. The van der Waals surface area contributed by atoms with Gasteiger partial charge in [0.2, 0.25) is 5.85 Å². The Morgan fingerprint density at radius 2 is 2.16 bits per heavy atom. The van der Waals surface area contributed by atoms with Gasteiger partial charge in [-0.3, -0.25) is 23.4 Å². The number of ether oxygens (including phenoxy) is 1. The first-order valence-corrected chi connectivity index (χ1v) is 10.9. The molecule has 1 aromatic carbocycles. The Hall–Kier alpha value is -2.41. The van der Waals surface area contributed by atoms with Crippen LogP contribution >= 0.6 is 7.82 Å². The van der Waals surface area contributed by atoms with E-state index < -0.39 is 62.6 Å². The van der Waals surface area contributed by atoms with Crippen molar-refractivity contribution < 1.29 is 41.9 Å². The van der Waals surface area contributed by atoms with E-state index in [1.165, 1.54) is 6.07 Å². The second-order valence-corrected chi connectivity index (χ2v) is 8.97. The number of aromatic nitrogens is 2. The van der Waals surface area contributed by atoms with Gasteiger partial charge in [0, 0.05) is 18.2 Å². The van der Waals surface area contributed by atoms with Gasteiger partial charge in [0.05, 0.1) is 31.4 Å². The second-order valence-electron chi connectivity index (χ2n) is 7.37. The van der Waals surface area contributed by atoms with E-state index in [9.17, 15) is 23.7 Å². The van der Waals surface area contributed by atoms with Crippen molar-refractivity contribution in [2.75, 3.05) is 6.61 Å². The number of hydrogen-bond donors (Lipinski definition) is 3. The molecule has 3 N–H and O–H groups in total. The van der Waals surface area contributed by atoms with Crippen LogP contribution in [0.5, 0.6) is 5.75 Å². The predicted octanol–water partition coefficient (Wildman–Crippen LogP) is 0.718. The van der Waals surface area contributed by atoms with Gasteiger partial charge in [-0.25, -0.2) is 18.1 Å². The van der Waals surface area contributed by atoms with Crippen molar-refractivity contribution in [2.24, 2.45) is 0 Å². The summed E-state index contributed by atoms with van der Waals surface area (Å²) in [4.78, 5) is 25.5. The molecule has 3 heterocycles. The lowest BCUT2D eigenvalue weighted by Crippen LogP contribution is -2.37. The van der Waals surface area contributed by atoms with Crippen molar-refractivity contribution in [3.8, 4) is 5.75 Å². The molecular formula is C18H19F2N2O9P. The lowest BCUT2D eigenvalue weighted by atomic mass is 10.1. The van der Waals surface area contributed by atoms with Crippen LogP contribution in [0.25, 0.3) is 0 Å². The van der Waals surface area contributed by atoms with E-state index in [4.69, 9.17) is 23.4 Å². The Morgan fingerprint density at radius 3 is 2.91 bits per heavy atom. The molecule has 1 fully saturated rings. The van der Waals surface area contributed by atoms with E-state index in [1.807, 2.05) is 4.98 Å². The summed E-state index contributed by atoms with van der Waals surface area (Å²) < 4.78 is 62.4. The zero-order valence-corrected chi connectivity index (χ0v) is 17.3. The first-order chi connectivity index (χ1) is 15.1. The quantitative estimate of drug-likeness (QED) is 0.513. The standard InChI is InChI=1S/C18H19F2N2O9P/c19-12-1-2-14-10(3-12)8-28-32(27,31-14)29-9-18(20)4-13(24)15(30-18)6-22-5-11(7-23)16(25)21-17(22)26/h1-3,5,13,15,23-24H,4,6-9H2,(H,21,25,26)/t13-,15+,18+,32?/m1/s1. The van der Waals surface area contributed by atoms with E-state index in [-0.39, 0.29) is 24.5 Å². The summed E-state index contributed by atoms with van der Waals surface area (Å²) in [5, 5.41) is 19.4. The van der Waals surface area contributed by atoms with Gasteiger partial charge in [-0.05, 0) is 18.2 Å². The Bertz CT molecular complexity index is 1190. The Morgan fingerprint density at radius 1 is 1.38 bits per heavy atom. The fraction of sp³-hybridized carbons (Fsp3) is 0.444. The van der Waals surface area contributed by atoms with Gasteiger partial charge in [0.15, 0.2) is 0 Å². The Kier molecular flexibility index (Phi) is 6.05. The smallest absolute Gasteiger partial charge is 0.404 e. The van der Waals surface area contributed by atoms with Crippen LogP contribution in [0.1, 0.15) is 17.5 Å². The molecule has 1 unspecified atom stereocenters. The number of phosphoric acid groups is 1. The van der Waals surface area contributed by atoms with Crippen LogP contribution in [0.4, 0.5) is 8.78 Å². The van der Waals surface area contributed by atoms with Gasteiger partial charge in [0.1, 0.15) is 24.3 Å². The molecule has 1 aromatic heterocycles. The maximum atomic E-state index is 15.1. The lowest BCUT2D eigenvalue weighted by Gasteiger charge is -2.27. The highest BCUT2D eigenvalue weighted by molar-refractivity contribution is 7.49. The number of benzene rings is 1. The average molecular weight is 476 g/mol. The third-order valence-electron chi connectivity index (χ3n) is 4.99. The summed E-state index contributed by atoms with van der Waals surface area (Å²) in [6.07, 6.45) is -2.06. The van der Waals surface area contributed by atoms with E-state index in [2.05, 4.69) is 0 Å². The zero-order chi connectivity index (χ0) is 23.1. The van der Waals surface area contributed by atoms with Crippen LogP contribution in [0.2, 0.25) is 0 Å². The minimum atomic E-state index is -4.23. The molecule has 4 atom stereocenters. The average Bonchev–Trinajstić information content (AvgIpc) is 3.03. The molecule has 0 amide bonds. The van der Waals surface area contributed by atoms with Crippen LogP contribution in [0.3, 0.4) is 0 Å². The molecule has 11 nitrogen and oxygen atoms in total. The number of aliphatic hydroxyl groups excluding tert-OH is 2. The van der Waals surface area contributed by atoms with Crippen molar-refractivity contribution >= 4 is 7.82 Å². The number of fused-ring (bicyclic) bond motifs is 1. The van der Waals surface area contributed by atoms with Crippen molar-refractivity contribution in [3.63, 3.8) is 0 Å². The predicted molar refractivity (Wildman–Crippen MR) is 102 cm³/mol. The van der Waals surface area contributed by atoms with Gasteiger partial charge in [-0.1, -0.05) is 0 Å². The third-order valence-corrected chi connectivity index (χ3v) is 6.30. The normalized spacial score (nSPS) is 29.5. The number of aromatic amines is 1. The zero-order valence-electron chi connectivity index (χ0n) is 16.4. The van der Waals surface area contributed by atoms with E-state index in [1.54, 1.807) is 0 Å². The fourth-order valence-electron chi connectivity index (χ4n) is 3.37. The van der Waals surface area contributed by atoms with Gasteiger partial charge in [-0.2, -0.15) is 0 Å². The number of H-pyrrole nitrogens is 1. The summed E-state index contributed by atoms with van der Waals surface area (Å²) >= 11 is 0. The van der Waals surface area contributed by atoms with E-state index in [0.29, 0.717) is 5.56 Å².